The fourth-order valence-electron chi connectivity index (χ4n) is 4.15. The van der Waals surface area contributed by atoms with Crippen LogP contribution >= 0.6 is 15.9 Å². The van der Waals surface area contributed by atoms with E-state index in [0.717, 1.165) is 9.87 Å². The third-order valence-corrected chi connectivity index (χ3v) is 8.29. The van der Waals surface area contributed by atoms with Gasteiger partial charge in [0.05, 0.1) is 17.7 Å². The number of nitrogens with one attached hydrogen (secondary N) is 1. The predicted molar refractivity (Wildman–Crippen MR) is 156 cm³/mol. The van der Waals surface area contributed by atoms with Crippen molar-refractivity contribution < 1.29 is 22.7 Å². The van der Waals surface area contributed by atoms with E-state index in [1.54, 1.807) is 67.8 Å². The Bertz CT molecular complexity index is 1380. The number of rotatable bonds is 12. The van der Waals surface area contributed by atoms with Gasteiger partial charge in [-0.05, 0) is 68.3 Å². The molecule has 8 nitrogen and oxygen atoms in total. The van der Waals surface area contributed by atoms with Gasteiger partial charge in [-0.25, -0.2) is 8.42 Å². The second kappa shape index (κ2) is 13.6. The molecule has 3 rings (SSSR count). The topological polar surface area (TPSA) is 96.0 Å². The Labute approximate surface area is 239 Å². The number of anilines is 1. The van der Waals surface area contributed by atoms with Crippen LogP contribution in [0.25, 0.3) is 0 Å². The second-order valence-electron chi connectivity index (χ2n) is 9.27. The Morgan fingerprint density at radius 3 is 2.28 bits per heavy atom. The van der Waals surface area contributed by atoms with Gasteiger partial charge in [-0.2, -0.15) is 0 Å². The van der Waals surface area contributed by atoms with E-state index in [2.05, 4.69) is 21.2 Å². The summed E-state index contributed by atoms with van der Waals surface area (Å²) in [5.41, 5.74) is 1.07. The molecule has 3 aromatic carbocycles. The number of methoxy groups -OCH3 is 1. The lowest BCUT2D eigenvalue weighted by molar-refractivity contribution is -0.140. The molecule has 10 heteroatoms. The Kier molecular flexibility index (Phi) is 10.5. The van der Waals surface area contributed by atoms with Crippen molar-refractivity contribution >= 4 is 43.5 Å². The van der Waals surface area contributed by atoms with Crippen molar-refractivity contribution in [2.75, 3.05) is 18.0 Å². The normalized spacial score (nSPS) is 12.1. The zero-order valence-corrected chi connectivity index (χ0v) is 24.9. The van der Waals surface area contributed by atoms with E-state index in [1.807, 2.05) is 26.8 Å². The molecule has 0 bridgehead atoms. The molecule has 39 heavy (non-hydrogen) atoms. The minimum atomic E-state index is -4.11. The molecule has 3 aromatic rings. The number of halogens is 1. The number of benzene rings is 3. The van der Waals surface area contributed by atoms with Crippen LogP contribution < -0.4 is 14.4 Å². The van der Waals surface area contributed by atoms with Crippen molar-refractivity contribution in [1.82, 2.24) is 10.2 Å². The Balaban J connectivity index is 2.06. The van der Waals surface area contributed by atoms with E-state index in [9.17, 15) is 18.0 Å². The van der Waals surface area contributed by atoms with Crippen LogP contribution in [-0.2, 0) is 26.2 Å². The van der Waals surface area contributed by atoms with Gasteiger partial charge in [0.25, 0.3) is 10.0 Å². The second-order valence-corrected chi connectivity index (χ2v) is 12.0. The fraction of sp³-hybridized carbons (Fsp3) is 0.310. The highest BCUT2D eigenvalue weighted by atomic mass is 79.9. The molecule has 2 amide bonds. The molecule has 208 valence electrons. The lowest BCUT2D eigenvalue weighted by Gasteiger charge is -2.33. The molecule has 0 fully saturated rings. The van der Waals surface area contributed by atoms with Crippen molar-refractivity contribution in [3.8, 4) is 5.75 Å². The van der Waals surface area contributed by atoms with E-state index in [4.69, 9.17) is 4.74 Å². The highest BCUT2D eigenvalue weighted by molar-refractivity contribution is 9.10. The highest BCUT2D eigenvalue weighted by Crippen LogP contribution is 2.27. The maximum absolute atomic E-state index is 14.0. The minimum absolute atomic E-state index is 0.0571. The first-order valence-electron chi connectivity index (χ1n) is 12.6. The lowest BCUT2D eigenvalue weighted by atomic mass is 10.1. The predicted octanol–water partition coefficient (Wildman–Crippen LogP) is 4.99. The molecule has 0 spiro atoms. The fourth-order valence-corrected chi connectivity index (χ4v) is 5.96. The van der Waals surface area contributed by atoms with Gasteiger partial charge in [0.15, 0.2) is 0 Å². The maximum Gasteiger partial charge on any atom is 0.264 e. The van der Waals surface area contributed by atoms with Crippen LogP contribution in [-0.4, -0.2) is 50.9 Å². The summed E-state index contributed by atoms with van der Waals surface area (Å²) < 4.78 is 34.7. The number of amides is 2. The first-order valence-corrected chi connectivity index (χ1v) is 14.9. The van der Waals surface area contributed by atoms with Crippen LogP contribution in [0.3, 0.4) is 0 Å². The quantitative estimate of drug-likeness (QED) is 0.310. The maximum atomic E-state index is 14.0. The summed E-state index contributed by atoms with van der Waals surface area (Å²) in [5.74, 6) is -0.200. The number of hydrogen-bond acceptors (Lipinski definition) is 5. The molecular formula is C29H34BrN3O5S. The van der Waals surface area contributed by atoms with Crippen LogP contribution in [0.2, 0.25) is 0 Å². The molecule has 0 aliphatic rings. The third kappa shape index (κ3) is 7.83. The smallest absolute Gasteiger partial charge is 0.264 e. The van der Waals surface area contributed by atoms with Gasteiger partial charge >= 0.3 is 0 Å². The Morgan fingerprint density at radius 2 is 1.67 bits per heavy atom. The molecule has 1 atom stereocenters. The average molecular weight is 617 g/mol. The van der Waals surface area contributed by atoms with Gasteiger partial charge < -0.3 is 15.0 Å². The van der Waals surface area contributed by atoms with Crippen LogP contribution in [0.5, 0.6) is 5.75 Å². The SMILES string of the molecule is CC[C@@H](C(=O)NC(C)C)N(Cc1cccc(OC)c1)C(=O)CN(c1cccc(Br)c1)S(=O)(=O)c1ccccc1. The number of sulfonamides is 1. The number of nitrogens with zero attached hydrogens (tertiary/aromatic N) is 2. The van der Waals surface area contributed by atoms with Crippen LogP contribution in [0.4, 0.5) is 5.69 Å². The van der Waals surface area contributed by atoms with Crippen LogP contribution in [0.15, 0.2) is 88.2 Å². The van der Waals surface area contributed by atoms with Gasteiger partial charge in [-0.1, -0.05) is 59.3 Å². The Hall–Kier alpha value is -3.37. The Morgan fingerprint density at radius 1 is 0.974 bits per heavy atom. The number of hydrogen-bond donors (Lipinski definition) is 1. The van der Waals surface area contributed by atoms with E-state index >= 15 is 0 Å². The molecule has 0 unspecified atom stereocenters. The average Bonchev–Trinajstić information content (AvgIpc) is 2.91. The summed E-state index contributed by atoms with van der Waals surface area (Å²) >= 11 is 3.40. The summed E-state index contributed by atoms with van der Waals surface area (Å²) in [6.45, 7) is 5.12. The summed E-state index contributed by atoms with van der Waals surface area (Å²) in [5, 5.41) is 2.89. The summed E-state index contributed by atoms with van der Waals surface area (Å²) in [6, 6.07) is 21.0. The molecule has 0 saturated carbocycles. The van der Waals surface area contributed by atoms with Gasteiger partial charge in [0.1, 0.15) is 18.3 Å². The van der Waals surface area contributed by atoms with Crippen molar-refractivity contribution in [2.45, 2.75) is 50.7 Å². The molecule has 0 saturated heterocycles. The number of carbonyl (C=O) groups excluding carboxylic acids is 2. The molecule has 1 N–H and O–H groups in total. The zero-order valence-electron chi connectivity index (χ0n) is 22.5. The largest absolute Gasteiger partial charge is 0.497 e. The molecular weight excluding hydrogens is 582 g/mol. The summed E-state index contributed by atoms with van der Waals surface area (Å²) in [6.07, 6.45) is 0.344. The summed E-state index contributed by atoms with van der Waals surface area (Å²) in [7, 11) is -2.56. The van der Waals surface area contributed by atoms with Crippen LogP contribution in [0, 0.1) is 0 Å². The van der Waals surface area contributed by atoms with Gasteiger partial charge in [0, 0.05) is 17.1 Å². The van der Waals surface area contributed by atoms with Gasteiger partial charge in [-0.3, -0.25) is 13.9 Å². The highest BCUT2D eigenvalue weighted by Gasteiger charge is 2.33. The van der Waals surface area contributed by atoms with Gasteiger partial charge in [-0.15, -0.1) is 0 Å². The standard InChI is InChI=1S/C29H34BrN3O5S/c1-5-27(29(35)31-21(2)3)32(19-22-11-9-14-25(17-22)38-4)28(34)20-33(24-13-10-12-23(30)18-24)39(36,37)26-15-7-6-8-16-26/h6-18,21,27H,5,19-20H2,1-4H3,(H,31,35)/t27-/m0/s1. The number of ether oxygens (including phenoxy) is 1. The van der Waals surface area contributed by atoms with Crippen molar-refractivity contribution in [3.05, 3.63) is 88.9 Å². The molecule has 0 heterocycles. The third-order valence-electron chi connectivity index (χ3n) is 6.01. The molecule has 0 aromatic heterocycles. The monoisotopic (exact) mass is 615 g/mol. The number of carbonyl (C=O) groups is 2. The van der Waals surface area contributed by atoms with Crippen molar-refractivity contribution in [3.63, 3.8) is 0 Å². The van der Waals surface area contributed by atoms with E-state index < -0.39 is 28.5 Å². The van der Waals surface area contributed by atoms with Crippen LogP contribution in [0.1, 0.15) is 32.8 Å². The van der Waals surface area contributed by atoms with E-state index in [1.165, 1.54) is 17.0 Å². The first-order chi connectivity index (χ1) is 18.6. The molecule has 0 radical (unpaired) electrons. The summed E-state index contributed by atoms with van der Waals surface area (Å²) in [4.78, 5) is 28.7. The van der Waals surface area contributed by atoms with E-state index in [0.29, 0.717) is 22.3 Å². The van der Waals surface area contributed by atoms with Crippen molar-refractivity contribution in [1.29, 1.82) is 0 Å². The zero-order chi connectivity index (χ0) is 28.6. The van der Waals surface area contributed by atoms with Crippen molar-refractivity contribution in [2.24, 2.45) is 0 Å². The van der Waals surface area contributed by atoms with E-state index in [-0.39, 0.29) is 23.4 Å². The first kappa shape index (κ1) is 30.2. The minimum Gasteiger partial charge on any atom is -0.497 e. The molecule has 0 aliphatic carbocycles. The van der Waals surface area contributed by atoms with Gasteiger partial charge in [0.2, 0.25) is 11.8 Å². The lowest BCUT2D eigenvalue weighted by Crippen LogP contribution is -2.53. The molecule has 0 aliphatic heterocycles.